The summed E-state index contributed by atoms with van der Waals surface area (Å²) < 4.78 is 10.5. The van der Waals surface area contributed by atoms with Crippen LogP contribution in [0.1, 0.15) is 11.3 Å². The van der Waals surface area contributed by atoms with Gasteiger partial charge >= 0.3 is 5.97 Å². The number of aryl methyl sites for hydroxylation is 1. The molecule has 0 aliphatic heterocycles. The number of hydrogen-bond acceptors (Lipinski definition) is 4. The third kappa shape index (κ3) is 2.20. The van der Waals surface area contributed by atoms with Crippen molar-refractivity contribution in [3.63, 3.8) is 0 Å². The predicted molar refractivity (Wildman–Crippen MR) is 65.1 cm³/mol. The highest BCUT2D eigenvalue weighted by Gasteiger charge is 2.09. The highest BCUT2D eigenvalue weighted by Crippen LogP contribution is 2.20. The maximum Gasteiger partial charge on any atom is 0.341 e. The van der Waals surface area contributed by atoms with Gasteiger partial charge in [-0.15, -0.1) is 0 Å². The molecule has 0 amide bonds. The molecule has 0 saturated carbocycles. The van der Waals surface area contributed by atoms with E-state index in [-0.39, 0.29) is 5.43 Å². The summed E-state index contributed by atoms with van der Waals surface area (Å²) in [6, 6.07) is 4.65. The zero-order valence-corrected chi connectivity index (χ0v) is 10.0. The molecule has 2 aromatic rings. The second-order valence-electron chi connectivity index (χ2n) is 3.95. The van der Waals surface area contributed by atoms with Crippen LogP contribution in [0, 0.1) is 13.8 Å². The average Bonchev–Trinajstić information content (AvgIpc) is 2.33. The molecule has 5 heteroatoms. The van der Waals surface area contributed by atoms with E-state index in [2.05, 4.69) is 0 Å². The van der Waals surface area contributed by atoms with Gasteiger partial charge in [0.2, 0.25) is 0 Å². The van der Waals surface area contributed by atoms with Gasteiger partial charge in [-0.05, 0) is 26.0 Å². The molecule has 94 valence electrons. The summed E-state index contributed by atoms with van der Waals surface area (Å²) in [6.45, 7) is 2.98. The highest BCUT2D eigenvalue weighted by molar-refractivity contribution is 5.79. The maximum atomic E-state index is 11.9. The molecule has 0 unspecified atom stereocenters. The fourth-order valence-electron chi connectivity index (χ4n) is 1.61. The van der Waals surface area contributed by atoms with E-state index in [1.165, 1.54) is 6.07 Å². The monoisotopic (exact) mass is 248 g/mol. The molecule has 0 aliphatic carbocycles. The molecule has 0 saturated heterocycles. The minimum atomic E-state index is -1.06. The number of benzene rings is 1. The van der Waals surface area contributed by atoms with Crippen LogP contribution >= 0.6 is 0 Å². The van der Waals surface area contributed by atoms with Crippen molar-refractivity contribution in [2.45, 2.75) is 13.8 Å². The van der Waals surface area contributed by atoms with Crippen molar-refractivity contribution in [2.75, 3.05) is 6.61 Å². The number of aliphatic carboxylic acids is 1. The first kappa shape index (κ1) is 12.2. The van der Waals surface area contributed by atoms with Gasteiger partial charge in [-0.25, -0.2) is 4.79 Å². The fraction of sp³-hybridized carbons (Fsp3) is 0.231. The van der Waals surface area contributed by atoms with E-state index < -0.39 is 12.6 Å². The van der Waals surface area contributed by atoms with Gasteiger partial charge in [0.1, 0.15) is 17.1 Å². The van der Waals surface area contributed by atoms with E-state index in [1.54, 1.807) is 26.0 Å². The second-order valence-corrected chi connectivity index (χ2v) is 3.95. The van der Waals surface area contributed by atoms with E-state index in [1.807, 2.05) is 0 Å². The second kappa shape index (κ2) is 4.52. The smallest absolute Gasteiger partial charge is 0.341 e. The summed E-state index contributed by atoms with van der Waals surface area (Å²) in [4.78, 5) is 22.3. The molecule has 2 rings (SSSR count). The van der Waals surface area contributed by atoms with E-state index in [0.29, 0.717) is 28.0 Å². The zero-order valence-electron chi connectivity index (χ0n) is 10.0. The first-order chi connectivity index (χ1) is 8.49. The molecule has 1 aromatic carbocycles. The first-order valence-electron chi connectivity index (χ1n) is 5.37. The van der Waals surface area contributed by atoms with E-state index >= 15 is 0 Å². The van der Waals surface area contributed by atoms with Crippen molar-refractivity contribution >= 4 is 16.9 Å². The molecule has 5 nitrogen and oxygen atoms in total. The molecule has 0 spiro atoms. The average molecular weight is 248 g/mol. The van der Waals surface area contributed by atoms with Crippen molar-refractivity contribution in [2.24, 2.45) is 0 Å². The van der Waals surface area contributed by atoms with Gasteiger partial charge in [-0.1, -0.05) is 0 Å². The van der Waals surface area contributed by atoms with Crippen LogP contribution in [0.5, 0.6) is 5.75 Å². The maximum absolute atomic E-state index is 11.9. The summed E-state index contributed by atoms with van der Waals surface area (Å²) in [6.07, 6.45) is 0. The number of carboxylic acid groups (broad SMARTS) is 1. The number of carboxylic acids is 1. The standard InChI is InChI=1S/C13H12O5/c1-7-8(2)18-11-5-9(17-6-12(14)15)3-4-10(11)13(7)16/h3-5H,6H2,1-2H3,(H,14,15). The van der Waals surface area contributed by atoms with Gasteiger partial charge in [-0.2, -0.15) is 0 Å². The van der Waals surface area contributed by atoms with Crippen molar-refractivity contribution < 1.29 is 19.1 Å². The van der Waals surface area contributed by atoms with Crippen LogP contribution in [0.4, 0.5) is 0 Å². The predicted octanol–water partition coefficient (Wildman–Crippen LogP) is 1.87. The Morgan fingerprint density at radius 1 is 1.39 bits per heavy atom. The molecule has 1 N–H and O–H groups in total. The Kier molecular flexibility index (Phi) is 3.06. The molecular weight excluding hydrogens is 236 g/mol. The van der Waals surface area contributed by atoms with E-state index in [4.69, 9.17) is 14.3 Å². The lowest BCUT2D eigenvalue weighted by molar-refractivity contribution is -0.139. The molecular formula is C13H12O5. The quantitative estimate of drug-likeness (QED) is 0.897. The lowest BCUT2D eigenvalue weighted by atomic mass is 10.1. The van der Waals surface area contributed by atoms with Crippen molar-refractivity contribution in [1.82, 2.24) is 0 Å². The topological polar surface area (TPSA) is 76.7 Å². The number of ether oxygens (including phenoxy) is 1. The van der Waals surface area contributed by atoms with Crippen LogP contribution in [0.15, 0.2) is 27.4 Å². The number of fused-ring (bicyclic) bond motifs is 1. The molecule has 0 bridgehead atoms. The van der Waals surface area contributed by atoms with Gasteiger partial charge in [-0.3, -0.25) is 4.79 Å². The molecule has 0 radical (unpaired) electrons. The molecule has 0 atom stereocenters. The summed E-state index contributed by atoms with van der Waals surface area (Å²) in [5.41, 5.74) is 0.881. The largest absolute Gasteiger partial charge is 0.482 e. The normalized spacial score (nSPS) is 10.6. The van der Waals surface area contributed by atoms with Crippen LogP contribution < -0.4 is 10.2 Å². The SMILES string of the molecule is Cc1oc2cc(OCC(=O)O)ccc2c(=O)c1C. The lowest BCUT2D eigenvalue weighted by Crippen LogP contribution is -2.10. The minimum Gasteiger partial charge on any atom is -0.482 e. The third-order valence-electron chi connectivity index (χ3n) is 2.69. The highest BCUT2D eigenvalue weighted by atomic mass is 16.5. The molecule has 0 aliphatic rings. The summed E-state index contributed by atoms with van der Waals surface area (Å²) in [5, 5.41) is 8.97. The molecule has 1 aromatic heterocycles. The Labute approximate surface area is 103 Å². The summed E-state index contributed by atoms with van der Waals surface area (Å²) >= 11 is 0. The summed E-state index contributed by atoms with van der Waals surface area (Å²) in [5.74, 6) is -0.157. The van der Waals surface area contributed by atoms with Gasteiger partial charge in [0, 0.05) is 11.6 Å². The van der Waals surface area contributed by atoms with Crippen LogP contribution in [-0.2, 0) is 4.79 Å². The molecule has 0 fully saturated rings. The minimum absolute atomic E-state index is 0.0847. The van der Waals surface area contributed by atoms with Crippen LogP contribution in [0.2, 0.25) is 0 Å². The van der Waals surface area contributed by atoms with Gasteiger partial charge in [0.05, 0.1) is 5.39 Å². The van der Waals surface area contributed by atoms with Crippen LogP contribution in [-0.4, -0.2) is 17.7 Å². The number of carbonyl (C=O) groups is 1. The third-order valence-corrected chi connectivity index (χ3v) is 2.69. The van der Waals surface area contributed by atoms with Crippen LogP contribution in [0.25, 0.3) is 11.0 Å². The van der Waals surface area contributed by atoms with Crippen LogP contribution in [0.3, 0.4) is 0 Å². The Morgan fingerprint density at radius 3 is 2.78 bits per heavy atom. The van der Waals surface area contributed by atoms with Gasteiger partial charge in [0.15, 0.2) is 12.0 Å². The lowest BCUT2D eigenvalue weighted by Gasteiger charge is -2.06. The molecule has 1 heterocycles. The van der Waals surface area contributed by atoms with Crippen molar-refractivity contribution in [3.05, 3.63) is 39.7 Å². The summed E-state index contributed by atoms with van der Waals surface area (Å²) in [7, 11) is 0. The van der Waals surface area contributed by atoms with E-state index in [9.17, 15) is 9.59 Å². The zero-order chi connectivity index (χ0) is 13.3. The Bertz CT molecular complexity index is 669. The van der Waals surface area contributed by atoms with Crippen molar-refractivity contribution in [3.8, 4) is 5.75 Å². The Hall–Kier alpha value is -2.30. The first-order valence-corrected chi connectivity index (χ1v) is 5.37. The number of hydrogen-bond donors (Lipinski definition) is 1. The fourth-order valence-corrected chi connectivity index (χ4v) is 1.61. The van der Waals surface area contributed by atoms with E-state index in [0.717, 1.165) is 0 Å². The Balaban J connectivity index is 2.49. The number of rotatable bonds is 3. The van der Waals surface area contributed by atoms with Crippen molar-refractivity contribution in [1.29, 1.82) is 0 Å². The molecule has 18 heavy (non-hydrogen) atoms. The van der Waals surface area contributed by atoms with Gasteiger partial charge in [0.25, 0.3) is 0 Å². The van der Waals surface area contributed by atoms with Gasteiger partial charge < -0.3 is 14.3 Å². The Morgan fingerprint density at radius 2 is 2.11 bits per heavy atom.